The number of para-hydroxylation sites is 2. The van der Waals surface area contributed by atoms with E-state index >= 15 is 0 Å². The number of carbonyl (C=O) groups is 2. The Bertz CT molecular complexity index is 971. The van der Waals surface area contributed by atoms with Crippen molar-refractivity contribution < 1.29 is 22.8 Å². The van der Waals surface area contributed by atoms with E-state index in [0.29, 0.717) is 11.1 Å². The molecule has 1 aliphatic heterocycles. The molecule has 2 aromatic carbocycles. The summed E-state index contributed by atoms with van der Waals surface area (Å²) < 4.78 is 32.0. The Morgan fingerprint density at radius 1 is 1.12 bits per heavy atom. The van der Waals surface area contributed by atoms with E-state index in [9.17, 15) is 18.4 Å². The van der Waals surface area contributed by atoms with Gasteiger partial charge in [0.05, 0.1) is 5.69 Å². The number of thioether (sulfide) groups is 1. The van der Waals surface area contributed by atoms with Crippen molar-refractivity contribution in [1.82, 2.24) is 4.98 Å². The van der Waals surface area contributed by atoms with Gasteiger partial charge in [-0.05, 0) is 24.3 Å². The third kappa shape index (κ3) is 2.78. The maximum absolute atomic E-state index is 13.4. The van der Waals surface area contributed by atoms with Gasteiger partial charge in [0.1, 0.15) is 10.8 Å². The minimum absolute atomic E-state index is 0.00886. The van der Waals surface area contributed by atoms with E-state index in [2.05, 4.69) is 4.98 Å². The molecule has 5 nitrogen and oxygen atoms in total. The zero-order valence-corrected chi connectivity index (χ0v) is 13.4. The number of carbonyl (C=O) groups excluding carboxylic acids is 2. The highest BCUT2D eigenvalue weighted by Crippen LogP contribution is 2.35. The molecular formula is C17H10F2N2O3S. The van der Waals surface area contributed by atoms with Crippen molar-refractivity contribution in [1.29, 1.82) is 0 Å². The van der Waals surface area contributed by atoms with Crippen molar-refractivity contribution in [2.24, 2.45) is 0 Å². The molecule has 1 atom stereocenters. The van der Waals surface area contributed by atoms with Crippen LogP contribution in [0.3, 0.4) is 0 Å². The number of hydrogen-bond donors (Lipinski definition) is 0. The first kappa shape index (κ1) is 15.8. The number of oxazole rings is 1. The molecule has 0 unspecified atom stereocenters. The van der Waals surface area contributed by atoms with Gasteiger partial charge in [0.25, 0.3) is 5.22 Å². The van der Waals surface area contributed by atoms with Crippen LogP contribution in [0.5, 0.6) is 0 Å². The van der Waals surface area contributed by atoms with Gasteiger partial charge >= 0.3 is 0 Å². The van der Waals surface area contributed by atoms with Crippen molar-refractivity contribution in [3.05, 3.63) is 54.1 Å². The number of hydrogen-bond acceptors (Lipinski definition) is 5. The third-order valence-electron chi connectivity index (χ3n) is 3.78. The summed E-state index contributed by atoms with van der Waals surface area (Å²) in [4.78, 5) is 29.8. The number of benzene rings is 2. The largest absolute Gasteiger partial charge is 0.431 e. The molecule has 8 heteroatoms. The van der Waals surface area contributed by atoms with Crippen molar-refractivity contribution in [3.63, 3.8) is 0 Å². The Morgan fingerprint density at radius 2 is 1.92 bits per heavy atom. The van der Waals surface area contributed by atoms with Crippen LogP contribution in [-0.4, -0.2) is 22.0 Å². The van der Waals surface area contributed by atoms with Gasteiger partial charge in [-0.25, -0.2) is 18.7 Å². The van der Waals surface area contributed by atoms with Crippen LogP contribution in [0.25, 0.3) is 11.1 Å². The lowest BCUT2D eigenvalue weighted by atomic mass is 10.3. The molecule has 0 bridgehead atoms. The number of aromatic nitrogens is 1. The minimum Gasteiger partial charge on any atom is -0.431 e. The highest BCUT2D eigenvalue weighted by Gasteiger charge is 2.41. The molecule has 0 aliphatic carbocycles. The average Bonchev–Trinajstić information content (AvgIpc) is 3.11. The summed E-state index contributed by atoms with van der Waals surface area (Å²) in [5.41, 5.74) is 1.24. The zero-order valence-electron chi connectivity index (χ0n) is 12.6. The molecule has 3 aromatic rings. The number of fused-ring (bicyclic) bond motifs is 1. The monoisotopic (exact) mass is 360 g/mol. The Morgan fingerprint density at radius 3 is 2.68 bits per heavy atom. The molecule has 2 heterocycles. The van der Waals surface area contributed by atoms with Gasteiger partial charge in [0.2, 0.25) is 11.8 Å². The van der Waals surface area contributed by atoms with Crippen molar-refractivity contribution in [3.8, 4) is 0 Å². The summed E-state index contributed by atoms with van der Waals surface area (Å²) in [5, 5.41) is -0.451. The number of rotatable bonds is 3. The number of anilines is 1. The average molecular weight is 360 g/mol. The first-order valence-electron chi connectivity index (χ1n) is 7.37. The van der Waals surface area contributed by atoms with Crippen molar-refractivity contribution in [2.45, 2.75) is 16.9 Å². The van der Waals surface area contributed by atoms with Crippen molar-refractivity contribution in [2.75, 3.05) is 4.90 Å². The molecule has 4 rings (SSSR count). The lowest BCUT2D eigenvalue weighted by molar-refractivity contribution is -0.121. The van der Waals surface area contributed by atoms with Crippen LogP contribution in [-0.2, 0) is 9.59 Å². The van der Waals surface area contributed by atoms with E-state index in [1.165, 1.54) is 6.07 Å². The van der Waals surface area contributed by atoms with Gasteiger partial charge in [-0.3, -0.25) is 9.59 Å². The first-order valence-corrected chi connectivity index (χ1v) is 8.25. The SMILES string of the molecule is O=C1C[C@@H](Sc2nc3ccccc3o2)C(=O)N1c1ccc(F)c(F)c1. The predicted octanol–water partition coefficient (Wildman–Crippen LogP) is 3.53. The van der Waals surface area contributed by atoms with Crippen LogP contribution in [0, 0.1) is 11.6 Å². The summed E-state index contributed by atoms with van der Waals surface area (Å²) in [5.74, 6) is -3.15. The van der Waals surface area contributed by atoms with Crippen molar-refractivity contribution >= 4 is 40.4 Å². The number of amides is 2. The first-order chi connectivity index (χ1) is 12.0. The van der Waals surface area contributed by atoms with Gasteiger partial charge in [-0.1, -0.05) is 23.9 Å². The van der Waals surface area contributed by atoms with Crippen LogP contribution in [0.1, 0.15) is 6.42 Å². The van der Waals surface area contributed by atoms with E-state index in [0.717, 1.165) is 28.8 Å². The lowest BCUT2D eigenvalue weighted by Gasteiger charge is -2.14. The maximum Gasteiger partial charge on any atom is 0.257 e. The maximum atomic E-state index is 13.4. The molecule has 0 spiro atoms. The molecule has 0 saturated carbocycles. The molecule has 1 aliphatic rings. The van der Waals surface area contributed by atoms with Gasteiger partial charge in [-0.15, -0.1) is 0 Å². The van der Waals surface area contributed by atoms with Crippen LogP contribution in [0.15, 0.2) is 52.1 Å². The zero-order chi connectivity index (χ0) is 17.6. The van der Waals surface area contributed by atoms with Gasteiger partial charge < -0.3 is 4.42 Å². The number of imide groups is 1. The Hall–Kier alpha value is -2.74. The van der Waals surface area contributed by atoms with Crippen LogP contribution < -0.4 is 4.90 Å². The minimum atomic E-state index is -1.12. The summed E-state index contributed by atoms with van der Waals surface area (Å²) in [7, 11) is 0. The molecule has 2 amide bonds. The molecule has 25 heavy (non-hydrogen) atoms. The fraction of sp³-hybridized carbons (Fsp3) is 0.118. The normalized spacial score (nSPS) is 17.7. The fourth-order valence-corrected chi connectivity index (χ4v) is 3.58. The Kier molecular flexibility index (Phi) is 3.76. The highest BCUT2D eigenvalue weighted by molar-refractivity contribution is 8.00. The van der Waals surface area contributed by atoms with E-state index in [-0.39, 0.29) is 17.3 Å². The summed E-state index contributed by atoms with van der Waals surface area (Å²) in [6.45, 7) is 0. The van der Waals surface area contributed by atoms with E-state index in [4.69, 9.17) is 4.42 Å². The van der Waals surface area contributed by atoms with Gasteiger partial charge in [-0.2, -0.15) is 0 Å². The predicted molar refractivity (Wildman–Crippen MR) is 87.1 cm³/mol. The quantitative estimate of drug-likeness (QED) is 0.669. The Balaban J connectivity index is 1.59. The third-order valence-corrected chi connectivity index (χ3v) is 4.81. The van der Waals surface area contributed by atoms with Gasteiger partial charge in [0, 0.05) is 12.5 Å². The molecule has 1 saturated heterocycles. The molecular weight excluding hydrogens is 350 g/mol. The number of nitrogens with zero attached hydrogens (tertiary/aromatic N) is 2. The smallest absolute Gasteiger partial charge is 0.257 e. The highest BCUT2D eigenvalue weighted by atomic mass is 32.2. The van der Waals surface area contributed by atoms with Crippen LogP contribution >= 0.6 is 11.8 Å². The summed E-state index contributed by atoms with van der Waals surface area (Å²) >= 11 is 1.04. The second-order valence-corrected chi connectivity index (χ2v) is 6.58. The molecule has 1 aromatic heterocycles. The second kappa shape index (κ2) is 5.96. The summed E-state index contributed by atoms with van der Waals surface area (Å²) in [6.07, 6.45) is -0.0682. The molecule has 0 N–H and O–H groups in total. The molecule has 126 valence electrons. The second-order valence-electron chi connectivity index (χ2n) is 5.42. The number of halogens is 2. The van der Waals surface area contributed by atoms with Crippen LogP contribution in [0.2, 0.25) is 0 Å². The Labute approximate surface area is 144 Å². The molecule has 0 radical (unpaired) electrons. The van der Waals surface area contributed by atoms with Crippen LogP contribution in [0.4, 0.5) is 14.5 Å². The summed E-state index contributed by atoms with van der Waals surface area (Å²) in [6, 6.07) is 10.1. The molecule has 1 fully saturated rings. The topological polar surface area (TPSA) is 63.4 Å². The van der Waals surface area contributed by atoms with E-state index < -0.39 is 28.7 Å². The lowest BCUT2D eigenvalue weighted by Crippen LogP contribution is -2.31. The van der Waals surface area contributed by atoms with E-state index in [1.807, 2.05) is 6.07 Å². The fourth-order valence-electron chi connectivity index (χ4n) is 2.61. The van der Waals surface area contributed by atoms with Gasteiger partial charge in [0.15, 0.2) is 17.2 Å². The van der Waals surface area contributed by atoms with E-state index in [1.54, 1.807) is 18.2 Å². The standard InChI is InChI=1S/C17H10F2N2O3S/c18-10-6-5-9(7-11(10)19)21-15(22)8-14(16(21)23)25-17-20-12-3-1-2-4-13(12)24-17/h1-7,14H,8H2/t14-/m1/s1.